The monoisotopic (exact) mass is 244 g/mol. The van der Waals surface area contributed by atoms with E-state index in [0.717, 1.165) is 29.6 Å². The Balaban J connectivity index is 1.67. The number of rotatable bonds is 4. The van der Waals surface area contributed by atoms with Crippen molar-refractivity contribution in [3.05, 3.63) is 21.3 Å². The molecule has 0 saturated heterocycles. The standard InChI is InChI=1S/C10H13ClN2OS/c1-7-4-8(14-13-7)5-12-6-9-2-3-10(11)15-9/h2-3,8,12H,4-6H2,1H3. The minimum atomic E-state index is 0.195. The van der Waals surface area contributed by atoms with Gasteiger partial charge in [-0.1, -0.05) is 16.8 Å². The van der Waals surface area contributed by atoms with Gasteiger partial charge in [-0.05, 0) is 19.1 Å². The molecular weight excluding hydrogens is 232 g/mol. The van der Waals surface area contributed by atoms with Gasteiger partial charge in [-0.15, -0.1) is 11.3 Å². The molecule has 2 heterocycles. The highest BCUT2D eigenvalue weighted by atomic mass is 35.5. The third-order valence-corrected chi connectivity index (χ3v) is 3.41. The highest BCUT2D eigenvalue weighted by Gasteiger charge is 2.17. The van der Waals surface area contributed by atoms with E-state index in [2.05, 4.69) is 10.5 Å². The lowest BCUT2D eigenvalue weighted by Gasteiger charge is -2.08. The van der Waals surface area contributed by atoms with Crippen LogP contribution < -0.4 is 5.32 Å². The maximum absolute atomic E-state index is 5.83. The Morgan fingerprint density at radius 3 is 3.13 bits per heavy atom. The van der Waals surface area contributed by atoms with Crippen LogP contribution in [0, 0.1) is 0 Å². The normalized spacial score (nSPS) is 20.1. The highest BCUT2D eigenvalue weighted by molar-refractivity contribution is 7.16. The van der Waals surface area contributed by atoms with E-state index in [1.165, 1.54) is 4.88 Å². The Labute approximate surface area is 98.1 Å². The second kappa shape index (κ2) is 4.96. The molecule has 1 atom stereocenters. The average Bonchev–Trinajstić information content (AvgIpc) is 2.76. The molecule has 15 heavy (non-hydrogen) atoms. The van der Waals surface area contributed by atoms with Gasteiger partial charge in [-0.25, -0.2) is 0 Å². The Morgan fingerprint density at radius 1 is 1.67 bits per heavy atom. The lowest BCUT2D eigenvalue weighted by atomic mass is 10.2. The number of hydrogen-bond donors (Lipinski definition) is 1. The fourth-order valence-electron chi connectivity index (χ4n) is 1.48. The van der Waals surface area contributed by atoms with Gasteiger partial charge < -0.3 is 10.2 Å². The van der Waals surface area contributed by atoms with Crippen LogP contribution in [0.1, 0.15) is 18.2 Å². The van der Waals surface area contributed by atoms with Crippen molar-refractivity contribution in [2.75, 3.05) is 6.54 Å². The largest absolute Gasteiger partial charge is 0.391 e. The van der Waals surface area contributed by atoms with E-state index < -0.39 is 0 Å². The van der Waals surface area contributed by atoms with Crippen LogP contribution in [0.15, 0.2) is 17.3 Å². The highest BCUT2D eigenvalue weighted by Crippen LogP contribution is 2.21. The Bertz CT molecular complexity index is 364. The zero-order chi connectivity index (χ0) is 10.7. The average molecular weight is 245 g/mol. The summed E-state index contributed by atoms with van der Waals surface area (Å²) in [6.45, 7) is 3.66. The van der Waals surface area contributed by atoms with Crippen molar-refractivity contribution < 1.29 is 4.84 Å². The van der Waals surface area contributed by atoms with E-state index in [0.29, 0.717) is 0 Å². The number of hydrogen-bond acceptors (Lipinski definition) is 4. The van der Waals surface area contributed by atoms with Gasteiger partial charge in [0, 0.05) is 24.4 Å². The summed E-state index contributed by atoms with van der Waals surface area (Å²) in [6, 6.07) is 3.96. The summed E-state index contributed by atoms with van der Waals surface area (Å²) in [6.07, 6.45) is 1.12. The van der Waals surface area contributed by atoms with E-state index in [1.54, 1.807) is 11.3 Å². The molecule has 1 aromatic heterocycles. The van der Waals surface area contributed by atoms with Gasteiger partial charge in [0.25, 0.3) is 0 Å². The fourth-order valence-corrected chi connectivity index (χ4v) is 2.54. The summed E-state index contributed by atoms with van der Waals surface area (Å²) < 4.78 is 0.836. The van der Waals surface area contributed by atoms with Crippen LogP contribution in [0.2, 0.25) is 4.34 Å². The molecule has 0 radical (unpaired) electrons. The summed E-state index contributed by atoms with van der Waals surface area (Å²) in [5.41, 5.74) is 1.07. The molecule has 1 N–H and O–H groups in total. The van der Waals surface area contributed by atoms with Crippen molar-refractivity contribution in [2.45, 2.75) is 26.0 Å². The second-order valence-electron chi connectivity index (χ2n) is 3.59. The second-order valence-corrected chi connectivity index (χ2v) is 5.39. The van der Waals surface area contributed by atoms with Crippen LogP contribution in [0.4, 0.5) is 0 Å². The molecule has 1 unspecified atom stereocenters. The van der Waals surface area contributed by atoms with Gasteiger partial charge in [0.15, 0.2) is 0 Å². The zero-order valence-electron chi connectivity index (χ0n) is 8.50. The van der Waals surface area contributed by atoms with Gasteiger partial charge >= 0.3 is 0 Å². The molecule has 0 fully saturated rings. The maximum atomic E-state index is 5.83. The predicted molar refractivity (Wildman–Crippen MR) is 63.6 cm³/mol. The van der Waals surface area contributed by atoms with E-state index in [1.807, 2.05) is 19.1 Å². The summed E-state index contributed by atoms with van der Waals surface area (Å²) in [4.78, 5) is 6.46. The van der Waals surface area contributed by atoms with Crippen molar-refractivity contribution in [3.8, 4) is 0 Å². The molecule has 1 aliphatic heterocycles. The van der Waals surface area contributed by atoms with E-state index in [-0.39, 0.29) is 6.10 Å². The van der Waals surface area contributed by atoms with Crippen molar-refractivity contribution in [1.29, 1.82) is 0 Å². The predicted octanol–water partition coefficient (Wildman–Crippen LogP) is 2.66. The molecule has 0 aliphatic carbocycles. The molecule has 0 bridgehead atoms. The van der Waals surface area contributed by atoms with Crippen molar-refractivity contribution >= 4 is 28.6 Å². The van der Waals surface area contributed by atoms with E-state index in [9.17, 15) is 0 Å². The number of halogens is 1. The van der Waals surface area contributed by atoms with Gasteiger partial charge in [0.1, 0.15) is 6.10 Å². The summed E-state index contributed by atoms with van der Waals surface area (Å²) in [7, 11) is 0. The number of thiophene rings is 1. The lowest BCUT2D eigenvalue weighted by molar-refractivity contribution is 0.0849. The van der Waals surface area contributed by atoms with Crippen LogP contribution in [0.25, 0.3) is 0 Å². The number of oxime groups is 1. The van der Waals surface area contributed by atoms with Crippen molar-refractivity contribution in [2.24, 2.45) is 5.16 Å². The van der Waals surface area contributed by atoms with Gasteiger partial charge in [-0.2, -0.15) is 0 Å². The quantitative estimate of drug-likeness (QED) is 0.884. The SMILES string of the molecule is CC1=NOC(CNCc2ccc(Cl)s2)C1. The topological polar surface area (TPSA) is 33.6 Å². The summed E-state index contributed by atoms with van der Waals surface area (Å²) in [5.74, 6) is 0. The number of nitrogens with zero attached hydrogens (tertiary/aromatic N) is 1. The molecule has 3 nitrogen and oxygen atoms in total. The zero-order valence-corrected chi connectivity index (χ0v) is 10.1. The first-order chi connectivity index (χ1) is 7.24. The van der Waals surface area contributed by atoms with Crippen LogP contribution in [-0.4, -0.2) is 18.4 Å². The minimum Gasteiger partial charge on any atom is -0.391 e. The Kier molecular flexibility index (Phi) is 3.61. The maximum Gasteiger partial charge on any atom is 0.145 e. The third kappa shape index (κ3) is 3.19. The molecule has 0 saturated carbocycles. The molecule has 0 aromatic carbocycles. The van der Waals surface area contributed by atoms with Crippen molar-refractivity contribution in [1.82, 2.24) is 5.32 Å². The Morgan fingerprint density at radius 2 is 2.53 bits per heavy atom. The molecule has 2 rings (SSSR count). The summed E-state index contributed by atoms with van der Waals surface area (Å²) >= 11 is 7.44. The fraction of sp³-hybridized carbons (Fsp3) is 0.500. The van der Waals surface area contributed by atoms with Crippen LogP contribution in [-0.2, 0) is 11.4 Å². The lowest BCUT2D eigenvalue weighted by Crippen LogP contribution is -2.26. The molecule has 0 spiro atoms. The summed E-state index contributed by atoms with van der Waals surface area (Å²) in [5, 5.41) is 7.24. The van der Waals surface area contributed by atoms with Crippen LogP contribution in [0.3, 0.4) is 0 Å². The minimum absolute atomic E-state index is 0.195. The first-order valence-corrected chi connectivity index (χ1v) is 6.07. The first-order valence-electron chi connectivity index (χ1n) is 4.88. The van der Waals surface area contributed by atoms with Crippen LogP contribution >= 0.6 is 22.9 Å². The van der Waals surface area contributed by atoms with Crippen LogP contribution in [0.5, 0.6) is 0 Å². The molecule has 5 heteroatoms. The van der Waals surface area contributed by atoms with Crippen molar-refractivity contribution in [3.63, 3.8) is 0 Å². The van der Waals surface area contributed by atoms with E-state index in [4.69, 9.17) is 16.4 Å². The molecular formula is C10H13ClN2OS. The molecule has 0 amide bonds. The van der Waals surface area contributed by atoms with Gasteiger partial charge in [0.2, 0.25) is 0 Å². The van der Waals surface area contributed by atoms with Gasteiger partial charge in [-0.3, -0.25) is 0 Å². The third-order valence-electron chi connectivity index (χ3n) is 2.18. The van der Waals surface area contributed by atoms with E-state index >= 15 is 0 Å². The molecule has 82 valence electrons. The van der Waals surface area contributed by atoms with Gasteiger partial charge in [0.05, 0.1) is 10.0 Å². The number of nitrogens with one attached hydrogen (secondary N) is 1. The first kappa shape index (κ1) is 10.9. The smallest absolute Gasteiger partial charge is 0.145 e. The molecule has 1 aliphatic rings. The molecule has 1 aromatic rings. The Hall–Kier alpha value is -0.580.